The maximum absolute atomic E-state index is 13.5. The molecule has 5 heteroatoms. The first kappa shape index (κ1) is 16.4. The van der Waals surface area contributed by atoms with Gasteiger partial charge in [0.25, 0.3) is 0 Å². The number of ether oxygens (including phenoxy) is 2. The van der Waals surface area contributed by atoms with Crippen LogP contribution in [0.25, 0.3) is 11.3 Å². The second kappa shape index (κ2) is 7.39. The maximum atomic E-state index is 13.5. The van der Waals surface area contributed by atoms with Gasteiger partial charge >= 0.3 is 0 Å². The number of aromatic nitrogens is 1. The van der Waals surface area contributed by atoms with Gasteiger partial charge < -0.3 is 9.47 Å². The summed E-state index contributed by atoms with van der Waals surface area (Å²) in [7, 11) is 0. The van der Waals surface area contributed by atoms with E-state index in [4.69, 9.17) is 21.1 Å². The fourth-order valence-corrected chi connectivity index (χ4v) is 2.80. The van der Waals surface area contributed by atoms with Crippen molar-refractivity contribution >= 4 is 11.6 Å². The highest BCUT2D eigenvalue weighted by atomic mass is 35.5. The summed E-state index contributed by atoms with van der Waals surface area (Å²) in [6, 6.07) is 8.40. The fraction of sp³-hybridized carbons (Fsp3) is 0.389. The molecule has 2 heterocycles. The summed E-state index contributed by atoms with van der Waals surface area (Å²) in [5, 5.41) is 0.107. The van der Waals surface area contributed by atoms with Crippen LogP contribution in [0.4, 0.5) is 4.39 Å². The normalized spacial score (nSPS) is 21.3. The zero-order chi connectivity index (χ0) is 16.2. The molecule has 3 nitrogen and oxygen atoms in total. The van der Waals surface area contributed by atoms with Crippen molar-refractivity contribution in [2.75, 3.05) is 13.2 Å². The van der Waals surface area contributed by atoms with Gasteiger partial charge in [0.2, 0.25) is 0 Å². The fourth-order valence-electron chi connectivity index (χ4n) is 2.68. The van der Waals surface area contributed by atoms with Crippen LogP contribution in [-0.4, -0.2) is 18.2 Å². The minimum absolute atomic E-state index is 0.107. The zero-order valence-electron chi connectivity index (χ0n) is 13.0. The number of hydrogen-bond acceptors (Lipinski definition) is 3. The Balaban J connectivity index is 1.69. The van der Waals surface area contributed by atoms with Crippen LogP contribution in [0.2, 0.25) is 5.02 Å². The molecule has 1 aliphatic rings. The highest BCUT2D eigenvalue weighted by Crippen LogP contribution is 2.28. The zero-order valence-corrected chi connectivity index (χ0v) is 13.7. The van der Waals surface area contributed by atoms with Crippen LogP contribution in [-0.2, 0) is 9.47 Å². The number of nitrogens with zero attached hydrogens (tertiary/aromatic N) is 1. The first-order valence-corrected chi connectivity index (χ1v) is 8.19. The number of halogens is 2. The molecule has 1 saturated heterocycles. The second-order valence-electron chi connectivity index (χ2n) is 5.76. The molecule has 122 valence electrons. The van der Waals surface area contributed by atoms with Crippen LogP contribution in [0, 0.1) is 11.7 Å². The van der Waals surface area contributed by atoms with Crippen molar-refractivity contribution in [3.05, 3.63) is 52.9 Å². The van der Waals surface area contributed by atoms with Gasteiger partial charge in [-0.05, 0) is 24.6 Å². The number of hydrogen-bond donors (Lipinski definition) is 0. The molecule has 0 saturated carbocycles. The molecular formula is C18H19ClFNO2. The van der Waals surface area contributed by atoms with Gasteiger partial charge in [0.05, 0.1) is 23.9 Å². The molecule has 2 aromatic rings. The van der Waals surface area contributed by atoms with E-state index in [0.717, 1.165) is 18.4 Å². The van der Waals surface area contributed by atoms with Gasteiger partial charge in [0.15, 0.2) is 6.29 Å². The van der Waals surface area contributed by atoms with Crippen molar-refractivity contribution in [1.29, 1.82) is 0 Å². The maximum Gasteiger partial charge on any atom is 0.185 e. The summed E-state index contributed by atoms with van der Waals surface area (Å²) < 4.78 is 25.1. The molecule has 0 spiro atoms. The van der Waals surface area contributed by atoms with Crippen molar-refractivity contribution in [3.63, 3.8) is 0 Å². The van der Waals surface area contributed by atoms with Crippen molar-refractivity contribution in [2.45, 2.75) is 26.1 Å². The Bertz CT molecular complexity index is 655. The molecule has 0 radical (unpaired) electrons. The minimum Gasteiger partial charge on any atom is -0.348 e. The van der Waals surface area contributed by atoms with Gasteiger partial charge in [-0.25, -0.2) is 4.39 Å². The molecule has 0 atom stereocenters. The second-order valence-corrected chi connectivity index (χ2v) is 6.17. The summed E-state index contributed by atoms with van der Waals surface area (Å²) >= 11 is 5.70. The Labute approximate surface area is 140 Å². The summed E-state index contributed by atoms with van der Waals surface area (Å²) in [5.41, 5.74) is 2.24. The van der Waals surface area contributed by atoms with Crippen molar-refractivity contribution in [3.8, 4) is 11.3 Å². The molecule has 1 aromatic heterocycles. The number of pyridine rings is 1. The average molecular weight is 336 g/mol. The lowest BCUT2D eigenvalue weighted by Crippen LogP contribution is -2.27. The van der Waals surface area contributed by atoms with E-state index in [1.807, 2.05) is 12.1 Å². The van der Waals surface area contributed by atoms with E-state index in [1.54, 1.807) is 12.3 Å². The van der Waals surface area contributed by atoms with Gasteiger partial charge in [-0.2, -0.15) is 0 Å². The molecule has 1 aromatic carbocycles. The lowest BCUT2D eigenvalue weighted by Gasteiger charge is -2.29. The van der Waals surface area contributed by atoms with Crippen molar-refractivity contribution in [2.24, 2.45) is 5.92 Å². The van der Waals surface area contributed by atoms with E-state index in [-0.39, 0.29) is 11.3 Å². The SMILES string of the molecule is CCCC1COC(c2ccc(-c3ccc(Cl)c(F)c3)nc2)OC1. The van der Waals surface area contributed by atoms with Gasteiger partial charge in [-0.15, -0.1) is 0 Å². The third-order valence-corrected chi connectivity index (χ3v) is 4.24. The Hall–Kier alpha value is -1.49. The highest BCUT2D eigenvalue weighted by molar-refractivity contribution is 6.30. The molecule has 0 aliphatic carbocycles. The molecule has 23 heavy (non-hydrogen) atoms. The largest absolute Gasteiger partial charge is 0.348 e. The first-order valence-electron chi connectivity index (χ1n) is 7.82. The van der Waals surface area contributed by atoms with E-state index in [1.165, 1.54) is 12.1 Å². The van der Waals surface area contributed by atoms with Crippen LogP contribution in [0.1, 0.15) is 31.6 Å². The van der Waals surface area contributed by atoms with Crippen molar-refractivity contribution < 1.29 is 13.9 Å². The summed E-state index contributed by atoms with van der Waals surface area (Å²) in [6.07, 6.45) is 3.60. The van der Waals surface area contributed by atoms with E-state index < -0.39 is 5.82 Å². The lowest BCUT2D eigenvalue weighted by atomic mass is 10.1. The smallest absolute Gasteiger partial charge is 0.185 e. The van der Waals surface area contributed by atoms with E-state index in [9.17, 15) is 4.39 Å². The number of benzene rings is 1. The van der Waals surface area contributed by atoms with Crippen LogP contribution in [0.3, 0.4) is 0 Å². The third kappa shape index (κ3) is 3.89. The first-order chi connectivity index (χ1) is 11.2. The molecule has 0 amide bonds. The highest BCUT2D eigenvalue weighted by Gasteiger charge is 2.23. The van der Waals surface area contributed by atoms with Crippen molar-refractivity contribution in [1.82, 2.24) is 4.98 Å². The summed E-state index contributed by atoms with van der Waals surface area (Å²) in [4.78, 5) is 4.38. The quantitative estimate of drug-likeness (QED) is 0.787. The Morgan fingerprint density at radius 3 is 2.61 bits per heavy atom. The Kier molecular flexibility index (Phi) is 5.26. The van der Waals surface area contributed by atoms with Gasteiger partial charge in [0, 0.05) is 23.2 Å². The molecule has 0 N–H and O–H groups in total. The molecule has 3 rings (SSSR count). The number of rotatable bonds is 4. The standard InChI is InChI=1S/C18H19ClFNO2/c1-2-3-12-10-22-18(23-11-12)14-5-7-17(21-9-14)13-4-6-15(19)16(20)8-13/h4-9,12,18H,2-3,10-11H2,1H3. The van der Waals surface area contributed by atoms with Gasteiger partial charge in [0.1, 0.15) is 5.82 Å². The van der Waals surface area contributed by atoms with E-state index in [0.29, 0.717) is 30.4 Å². The molecule has 0 unspecified atom stereocenters. The van der Waals surface area contributed by atoms with Gasteiger partial charge in [-0.3, -0.25) is 4.98 Å². The molecular weight excluding hydrogens is 317 g/mol. The predicted molar refractivity (Wildman–Crippen MR) is 87.7 cm³/mol. The van der Waals surface area contributed by atoms with Gasteiger partial charge in [-0.1, -0.05) is 37.1 Å². The minimum atomic E-state index is -0.448. The monoisotopic (exact) mass is 335 g/mol. The van der Waals surface area contributed by atoms with Crippen LogP contribution < -0.4 is 0 Å². The predicted octanol–water partition coefficient (Wildman–Crippen LogP) is 5.00. The summed E-state index contributed by atoms with van der Waals surface area (Å²) in [5.74, 6) is 0.0245. The third-order valence-electron chi connectivity index (χ3n) is 3.94. The lowest BCUT2D eigenvalue weighted by molar-refractivity contribution is -0.206. The molecule has 0 bridgehead atoms. The average Bonchev–Trinajstić information content (AvgIpc) is 2.59. The molecule has 1 aliphatic heterocycles. The van der Waals surface area contributed by atoms with E-state index in [2.05, 4.69) is 11.9 Å². The van der Waals surface area contributed by atoms with Crippen LogP contribution >= 0.6 is 11.6 Å². The van der Waals surface area contributed by atoms with Crippen LogP contribution in [0.15, 0.2) is 36.5 Å². The Morgan fingerprint density at radius 2 is 2.00 bits per heavy atom. The Morgan fingerprint density at radius 1 is 1.22 bits per heavy atom. The van der Waals surface area contributed by atoms with E-state index >= 15 is 0 Å². The summed E-state index contributed by atoms with van der Waals surface area (Å²) in [6.45, 7) is 3.58. The topological polar surface area (TPSA) is 31.4 Å². The molecule has 1 fully saturated rings. The van der Waals surface area contributed by atoms with Crippen LogP contribution in [0.5, 0.6) is 0 Å².